The maximum atomic E-state index is 4.25. The lowest BCUT2D eigenvalue weighted by Crippen LogP contribution is -2.17. The molecule has 2 aromatic heterocycles. The normalized spacial score (nSPS) is 10.8. The van der Waals surface area contributed by atoms with Gasteiger partial charge in [0.05, 0.1) is 6.20 Å². The number of H-pyrrole nitrogens is 1. The first-order chi connectivity index (χ1) is 7.83. The highest BCUT2D eigenvalue weighted by Gasteiger charge is 2.09. The topological polar surface area (TPSA) is 32.8 Å². The van der Waals surface area contributed by atoms with Gasteiger partial charge in [0, 0.05) is 11.6 Å². The predicted octanol–water partition coefficient (Wildman–Crippen LogP) is 2.12. The fourth-order valence-electron chi connectivity index (χ4n) is 1.75. The Kier molecular flexibility index (Phi) is 1.96. The van der Waals surface area contributed by atoms with E-state index in [1.165, 1.54) is 11.1 Å². The molecule has 3 aromatic rings. The smallest absolute Gasteiger partial charge is 0.238 e. The maximum Gasteiger partial charge on any atom is 0.401 e. The molecule has 2 heterocycles. The molecule has 0 fully saturated rings. The third-order valence-electron chi connectivity index (χ3n) is 2.65. The van der Waals surface area contributed by atoms with E-state index in [-0.39, 0.29) is 0 Å². The second-order valence-corrected chi connectivity index (χ2v) is 3.88. The van der Waals surface area contributed by atoms with Gasteiger partial charge in [-0.3, -0.25) is 0 Å². The van der Waals surface area contributed by atoms with Crippen molar-refractivity contribution < 1.29 is 4.40 Å². The van der Waals surface area contributed by atoms with Crippen LogP contribution in [0.3, 0.4) is 0 Å². The summed E-state index contributed by atoms with van der Waals surface area (Å²) in [6, 6.07) is 10.4. The molecular weight excluding hydrogens is 198 g/mol. The van der Waals surface area contributed by atoms with Gasteiger partial charge in [0.25, 0.3) is 0 Å². The highest BCUT2D eigenvalue weighted by molar-refractivity contribution is 5.59. The number of benzene rings is 1. The highest BCUT2D eigenvalue weighted by Crippen LogP contribution is 2.16. The average Bonchev–Trinajstić information content (AvgIpc) is 2.73. The van der Waals surface area contributed by atoms with Crippen LogP contribution < -0.4 is 4.40 Å². The number of aryl methyl sites for hydroxylation is 1. The van der Waals surface area contributed by atoms with Crippen LogP contribution in [-0.4, -0.2) is 9.97 Å². The van der Waals surface area contributed by atoms with Crippen LogP contribution in [0.15, 0.2) is 48.9 Å². The largest absolute Gasteiger partial charge is 0.401 e. The summed E-state index contributed by atoms with van der Waals surface area (Å²) >= 11 is 0. The summed E-state index contributed by atoms with van der Waals surface area (Å²) in [6.07, 6.45) is 5.81. The lowest BCUT2D eigenvalue weighted by molar-refractivity contribution is -0.512. The quantitative estimate of drug-likeness (QED) is 0.613. The van der Waals surface area contributed by atoms with E-state index in [4.69, 9.17) is 0 Å². The number of fused-ring (bicyclic) bond motifs is 1. The summed E-state index contributed by atoms with van der Waals surface area (Å²) in [5, 5.41) is 0. The first-order valence-electron chi connectivity index (χ1n) is 5.25. The molecule has 0 radical (unpaired) electrons. The van der Waals surface area contributed by atoms with Crippen molar-refractivity contribution in [1.82, 2.24) is 9.97 Å². The Labute approximate surface area is 93.4 Å². The molecule has 0 atom stereocenters. The van der Waals surface area contributed by atoms with Crippen molar-refractivity contribution in [2.75, 3.05) is 0 Å². The zero-order valence-corrected chi connectivity index (χ0v) is 9.01. The number of aromatic amines is 1. The second-order valence-electron chi connectivity index (χ2n) is 3.88. The molecule has 0 aliphatic carbocycles. The highest BCUT2D eigenvalue weighted by atomic mass is 15.1. The van der Waals surface area contributed by atoms with E-state index in [2.05, 4.69) is 41.2 Å². The molecule has 3 nitrogen and oxygen atoms in total. The Morgan fingerprint density at radius 1 is 1.19 bits per heavy atom. The molecule has 0 unspecified atom stereocenters. The van der Waals surface area contributed by atoms with Gasteiger partial charge < -0.3 is 0 Å². The predicted molar refractivity (Wildman–Crippen MR) is 61.9 cm³/mol. The number of aromatic nitrogens is 3. The molecular formula is C13H12N3+. The van der Waals surface area contributed by atoms with Crippen LogP contribution in [0.4, 0.5) is 0 Å². The summed E-state index contributed by atoms with van der Waals surface area (Å²) in [5.41, 5.74) is 3.53. The van der Waals surface area contributed by atoms with Crippen molar-refractivity contribution in [3.8, 4) is 11.3 Å². The van der Waals surface area contributed by atoms with E-state index in [9.17, 15) is 0 Å². The van der Waals surface area contributed by atoms with Crippen molar-refractivity contribution >= 4 is 5.78 Å². The molecule has 0 bridgehead atoms. The molecule has 3 heteroatoms. The van der Waals surface area contributed by atoms with E-state index < -0.39 is 0 Å². The fourth-order valence-corrected chi connectivity index (χ4v) is 1.75. The average molecular weight is 210 g/mol. The first kappa shape index (κ1) is 9.09. The zero-order chi connectivity index (χ0) is 11.0. The van der Waals surface area contributed by atoms with E-state index >= 15 is 0 Å². The molecule has 0 spiro atoms. The molecule has 0 aliphatic heterocycles. The molecule has 1 N–H and O–H groups in total. The second kappa shape index (κ2) is 3.45. The minimum Gasteiger partial charge on any atom is -0.238 e. The standard InChI is InChI=1S/C13H11N3/c1-10-3-5-11(6-4-10)12-9-16-8-2-7-14-13(16)15-12/h2-9H,1H3/p+1. The Hall–Kier alpha value is -2.16. The SMILES string of the molecule is Cc1ccc(-c2c[n+]3cccnc3[nH]2)cc1. The molecule has 78 valence electrons. The van der Waals surface area contributed by atoms with Gasteiger partial charge in [-0.05, 0) is 6.92 Å². The van der Waals surface area contributed by atoms with Gasteiger partial charge in [0.2, 0.25) is 0 Å². The summed E-state index contributed by atoms with van der Waals surface area (Å²) in [5.74, 6) is 0.859. The van der Waals surface area contributed by atoms with Crippen LogP contribution >= 0.6 is 0 Å². The number of nitrogens with one attached hydrogen (secondary N) is 1. The van der Waals surface area contributed by atoms with Gasteiger partial charge in [0.15, 0.2) is 0 Å². The van der Waals surface area contributed by atoms with Crippen LogP contribution in [0.25, 0.3) is 17.0 Å². The van der Waals surface area contributed by atoms with Gasteiger partial charge in [-0.2, -0.15) is 0 Å². The van der Waals surface area contributed by atoms with Crippen molar-refractivity contribution in [3.05, 3.63) is 54.5 Å². The van der Waals surface area contributed by atoms with Crippen LogP contribution in [0.5, 0.6) is 0 Å². The molecule has 0 saturated carbocycles. The van der Waals surface area contributed by atoms with Gasteiger partial charge >= 0.3 is 5.78 Å². The third kappa shape index (κ3) is 1.46. The van der Waals surface area contributed by atoms with E-state index in [0.29, 0.717) is 0 Å². The first-order valence-corrected chi connectivity index (χ1v) is 5.25. The molecule has 16 heavy (non-hydrogen) atoms. The van der Waals surface area contributed by atoms with Crippen molar-refractivity contribution in [1.29, 1.82) is 0 Å². The lowest BCUT2D eigenvalue weighted by Gasteiger charge is -1.94. The maximum absolute atomic E-state index is 4.25. The number of hydrogen-bond acceptors (Lipinski definition) is 1. The summed E-state index contributed by atoms with van der Waals surface area (Å²) in [6.45, 7) is 2.09. The fraction of sp³-hybridized carbons (Fsp3) is 0.0769. The number of rotatable bonds is 1. The summed E-state index contributed by atoms with van der Waals surface area (Å²) in [7, 11) is 0. The van der Waals surface area contributed by atoms with E-state index in [1.54, 1.807) is 6.20 Å². The number of hydrogen-bond donors (Lipinski definition) is 1. The van der Waals surface area contributed by atoms with Gasteiger partial charge in [-0.25, -0.2) is 9.38 Å². The molecule has 1 aromatic carbocycles. The van der Waals surface area contributed by atoms with Crippen molar-refractivity contribution in [3.63, 3.8) is 0 Å². The van der Waals surface area contributed by atoms with Crippen LogP contribution in [0, 0.1) is 6.92 Å². The molecule has 0 aliphatic rings. The summed E-state index contributed by atoms with van der Waals surface area (Å²) in [4.78, 5) is 7.54. The Morgan fingerprint density at radius 3 is 2.75 bits per heavy atom. The number of nitrogens with zero attached hydrogens (tertiary/aromatic N) is 2. The lowest BCUT2D eigenvalue weighted by atomic mass is 10.1. The summed E-state index contributed by atoms with van der Waals surface area (Å²) < 4.78 is 1.98. The monoisotopic (exact) mass is 210 g/mol. The van der Waals surface area contributed by atoms with Gasteiger partial charge in [-0.1, -0.05) is 34.8 Å². The van der Waals surface area contributed by atoms with Gasteiger partial charge in [-0.15, -0.1) is 0 Å². The van der Waals surface area contributed by atoms with Crippen molar-refractivity contribution in [2.45, 2.75) is 6.92 Å². The minimum absolute atomic E-state index is 0.859. The molecule has 0 amide bonds. The Bertz CT molecular complexity index is 590. The van der Waals surface area contributed by atoms with Gasteiger partial charge in [0.1, 0.15) is 18.1 Å². The number of imidazole rings is 1. The van der Waals surface area contributed by atoms with Crippen LogP contribution in [0.2, 0.25) is 0 Å². The molecule has 0 saturated heterocycles. The van der Waals surface area contributed by atoms with E-state index in [1.807, 2.05) is 22.9 Å². The van der Waals surface area contributed by atoms with Crippen LogP contribution in [-0.2, 0) is 0 Å². The Balaban J connectivity index is 2.15. The third-order valence-corrected chi connectivity index (χ3v) is 2.65. The molecule has 3 rings (SSSR count). The minimum atomic E-state index is 0.859. The Morgan fingerprint density at radius 2 is 2.00 bits per heavy atom. The zero-order valence-electron chi connectivity index (χ0n) is 9.01. The van der Waals surface area contributed by atoms with E-state index in [0.717, 1.165) is 11.5 Å². The van der Waals surface area contributed by atoms with Crippen molar-refractivity contribution in [2.24, 2.45) is 0 Å². The van der Waals surface area contributed by atoms with Crippen LogP contribution in [0.1, 0.15) is 5.56 Å².